The largest absolute Gasteiger partial charge is 0.377 e. The van der Waals surface area contributed by atoms with Crippen molar-refractivity contribution in [2.45, 2.75) is 17.9 Å². The van der Waals surface area contributed by atoms with Gasteiger partial charge in [0.25, 0.3) is 0 Å². The van der Waals surface area contributed by atoms with E-state index in [-0.39, 0.29) is 10.9 Å². The molecule has 20 heavy (non-hydrogen) atoms. The van der Waals surface area contributed by atoms with Crippen molar-refractivity contribution in [3.8, 4) is 0 Å². The van der Waals surface area contributed by atoms with Crippen molar-refractivity contribution in [1.29, 1.82) is 0 Å². The maximum absolute atomic E-state index is 11.3. The number of primary sulfonamides is 1. The molecule has 0 aliphatic heterocycles. The normalized spacial score (nSPS) is 13.2. The molecule has 8 heteroatoms. The maximum atomic E-state index is 11.3. The molecule has 1 heterocycles. The summed E-state index contributed by atoms with van der Waals surface area (Å²) in [5, 5.41) is 8.38. The lowest BCUT2D eigenvalue weighted by Gasteiger charge is -2.15. The highest BCUT2D eigenvalue weighted by molar-refractivity contribution is 9.10. The van der Waals surface area contributed by atoms with Crippen molar-refractivity contribution in [2.75, 3.05) is 5.32 Å². The Balaban J connectivity index is 2.22. The van der Waals surface area contributed by atoms with Gasteiger partial charge in [0.2, 0.25) is 10.0 Å². The Morgan fingerprint density at radius 2 is 2.05 bits per heavy atom. The van der Waals surface area contributed by atoms with Gasteiger partial charge in [-0.25, -0.2) is 13.6 Å². The minimum atomic E-state index is -3.69. The van der Waals surface area contributed by atoms with Crippen LogP contribution in [0.3, 0.4) is 0 Å². The summed E-state index contributed by atoms with van der Waals surface area (Å²) in [4.78, 5) is 1.17. The van der Waals surface area contributed by atoms with Gasteiger partial charge < -0.3 is 5.32 Å². The van der Waals surface area contributed by atoms with Crippen molar-refractivity contribution in [1.82, 2.24) is 0 Å². The molecule has 1 aromatic carbocycles. The standard InChI is InChI=1S/C12H12BrClN2O2S2/c1-7(11-4-5-12(14)19-11)16-10-3-2-8(6-9(10)13)20(15,17)18/h2-7,16H,1H3,(H2,15,17,18). The van der Waals surface area contributed by atoms with E-state index < -0.39 is 10.0 Å². The molecule has 1 atom stereocenters. The first-order valence-electron chi connectivity index (χ1n) is 5.61. The molecule has 0 saturated carbocycles. The lowest BCUT2D eigenvalue weighted by atomic mass is 10.2. The minimum Gasteiger partial charge on any atom is -0.377 e. The van der Waals surface area contributed by atoms with Gasteiger partial charge in [0.05, 0.1) is 15.3 Å². The van der Waals surface area contributed by atoms with Gasteiger partial charge in [0.1, 0.15) is 0 Å². The zero-order valence-corrected chi connectivity index (χ0v) is 14.4. The van der Waals surface area contributed by atoms with Crippen molar-refractivity contribution >= 4 is 54.6 Å². The Hall–Kier alpha value is -0.600. The van der Waals surface area contributed by atoms with Crippen LogP contribution >= 0.6 is 38.9 Å². The number of benzene rings is 1. The lowest BCUT2D eigenvalue weighted by Crippen LogP contribution is -2.12. The maximum Gasteiger partial charge on any atom is 0.238 e. The first-order chi connectivity index (χ1) is 9.27. The second-order valence-corrected chi connectivity index (χ2v) is 8.36. The van der Waals surface area contributed by atoms with Gasteiger partial charge in [0.15, 0.2) is 0 Å². The van der Waals surface area contributed by atoms with Crippen LogP contribution in [0.15, 0.2) is 39.7 Å². The van der Waals surface area contributed by atoms with Crippen molar-refractivity contribution < 1.29 is 8.42 Å². The van der Waals surface area contributed by atoms with E-state index in [1.165, 1.54) is 23.5 Å². The summed E-state index contributed by atoms with van der Waals surface area (Å²) in [7, 11) is -3.69. The van der Waals surface area contributed by atoms with Crippen LogP contribution < -0.4 is 10.5 Å². The molecule has 0 fully saturated rings. The number of hydrogen-bond acceptors (Lipinski definition) is 4. The summed E-state index contributed by atoms with van der Waals surface area (Å²) in [5.74, 6) is 0. The first-order valence-corrected chi connectivity index (χ1v) is 9.15. The van der Waals surface area contributed by atoms with Crippen LogP contribution in [0.4, 0.5) is 5.69 Å². The third-order valence-electron chi connectivity index (χ3n) is 2.66. The number of halogens is 2. The van der Waals surface area contributed by atoms with Crippen LogP contribution in [0.5, 0.6) is 0 Å². The van der Waals surface area contributed by atoms with E-state index in [9.17, 15) is 8.42 Å². The van der Waals surface area contributed by atoms with Gasteiger partial charge >= 0.3 is 0 Å². The van der Waals surface area contributed by atoms with Gasteiger partial charge in [-0.1, -0.05) is 11.6 Å². The Morgan fingerprint density at radius 3 is 2.55 bits per heavy atom. The fourth-order valence-corrected chi connectivity index (χ4v) is 3.90. The molecular weight excluding hydrogens is 384 g/mol. The third-order valence-corrected chi connectivity index (χ3v) is 5.64. The highest BCUT2D eigenvalue weighted by Gasteiger charge is 2.13. The second-order valence-electron chi connectivity index (χ2n) is 4.19. The van der Waals surface area contributed by atoms with Crippen LogP contribution in [0.2, 0.25) is 4.34 Å². The zero-order valence-electron chi connectivity index (χ0n) is 10.4. The molecule has 0 spiro atoms. The molecule has 1 unspecified atom stereocenters. The summed E-state index contributed by atoms with van der Waals surface area (Å²) in [5.41, 5.74) is 0.787. The predicted molar refractivity (Wildman–Crippen MR) is 86.9 cm³/mol. The molecule has 3 N–H and O–H groups in total. The average Bonchev–Trinajstić information content (AvgIpc) is 2.77. The minimum absolute atomic E-state index is 0.0594. The van der Waals surface area contributed by atoms with Crippen molar-refractivity contribution in [2.24, 2.45) is 5.14 Å². The molecule has 108 valence electrons. The van der Waals surface area contributed by atoms with Crippen molar-refractivity contribution in [3.63, 3.8) is 0 Å². The molecule has 0 amide bonds. The fraction of sp³-hybridized carbons (Fsp3) is 0.167. The molecular formula is C12H12BrClN2O2S2. The summed E-state index contributed by atoms with van der Waals surface area (Å²) >= 11 is 10.8. The van der Waals surface area contributed by atoms with E-state index in [0.717, 1.165) is 14.9 Å². The average molecular weight is 396 g/mol. The predicted octanol–water partition coefficient (Wildman–Crippen LogP) is 3.98. The number of rotatable bonds is 4. The number of hydrogen-bond donors (Lipinski definition) is 2. The Bertz CT molecular complexity index is 731. The van der Waals surface area contributed by atoms with Gasteiger partial charge in [-0.05, 0) is 53.2 Å². The monoisotopic (exact) mass is 394 g/mol. The van der Waals surface area contributed by atoms with E-state index in [0.29, 0.717) is 4.47 Å². The molecule has 1 aromatic heterocycles. The Labute approximate surface area is 135 Å². The fourth-order valence-electron chi connectivity index (χ4n) is 1.66. The number of anilines is 1. The van der Waals surface area contributed by atoms with Crippen molar-refractivity contribution in [3.05, 3.63) is 44.0 Å². The zero-order chi connectivity index (χ0) is 14.9. The van der Waals surface area contributed by atoms with Crippen LogP contribution in [-0.2, 0) is 10.0 Å². The van der Waals surface area contributed by atoms with Gasteiger partial charge in [-0.15, -0.1) is 11.3 Å². The molecule has 2 rings (SSSR count). The molecule has 0 bridgehead atoms. The van der Waals surface area contributed by atoms with E-state index in [1.807, 2.05) is 19.1 Å². The van der Waals surface area contributed by atoms with Gasteiger partial charge in [-0.2, -0.15) is 0 Å². The van der Waals surface area contributed by atoms with E-state index in [1.54, 1.807) is 6.07 Å². The van der Waals surface area contributed by atoms with E-state index >= 15 is 0 Å². The number of thiophene rings is 1. The SMILES string of the molecule is CC(Nc1ccc(S(N)(=O)=O)cc1Br)c1ccc(Cl)s1. The number of nitrogens with two attached hydrogens (primary N) is 1. The smallest absolute Gasteiger partial charge is 0.238 e. The summed E-state index contributed by atoms with van der Waals surface area (Å²) < 4.78 is 23.9. The lowest BCUT2D eigenvalue weighted by molar-refractivity contribution is 0.598. The number of nitrogens with one attached hydrogen (secondary N) is 1. The van der Waals surface area contributed by atoms with Crippen LogP contribution in [0, 0.1) is 0 Å². The molecule has 2 aromatic rings. The number of sulfonamides is 1. The molecule has 4 nitrogen and oxygen atoms in total. The van der Waals surface area contributed by atoms with E-state index in [2.05, 4.69) is 21.2 Å². The van der Waals surface area contributed by atoms with Gasteiger partial charge in [-0.3, -0.25) is 0 Å². The molecule has 0 saturated heterocycles. The van der Waals surface area contributed by atoms with Gasteiger partial charge in [0, 0.05) is 15.0 Å². The Kier molecular flexibility index (Phi) is 4.76. The molecule has 0 aliphatic carbocycles. The second kappa shape index (κ2) is 6.03. The highest BCUT2D eigenvalue weighted by Crippen LogP contribution is 2.32. The van der Waals surface area contributed by atoms with E-state index in [4.69, 9.17) is 16.7 Å². The highest BCUT2D eigenvalue weighted by atomic mass is 79.9. The molecule has 0 radical (unpaired) electrons. The summed E-state index contributed by atoms with van der Waals surface area (Å²) in [6.07, 6.45) is 0. The van der Waals surface area contributed by atoms with Crippen LogP contribution in [0.1, 0.15) is 17.8 Å². The Morgan fingerprint density at radius 1 is 1.35 bits per heavy atom. The summed E-state index contributed by atoms with van der Waals surface area (Å²) in [6.45, 7) is 2.00. The topological polar surface area (TPSA) is 72.2 Å². The summed E-state index contributed by atoms with van der Waals surface area (Å²) in [6, 6.07) is 8.48. The first kappa shape index (κ1) is 15.8. The molecule has 0 aliphatic rings. The van der Waals surface area contributed by atoms with Crippen LogP contribution in [-0.4, -0.2) is 8.42 Å². The quantitative estimate of drug-likeness (QED) is 0.822. The third kappa shape index (κ3) is 3.73. The van der Waals surface area contributed by atoms with Crippen LogP contribution in [0.25, 0.3) is 0 Å².